The molecule has 2 aromatic rings. The number of anilines is 1. The highest BCUT2D eigenvalue weighted by atomic mass is 16.2. The first-order chi connectivity index (χ1) is 12.0. The number of fused-ring (bicyclic) bond motifs is 1. The maximum absolute atomic E-state index is 12.7. The van der Waals surface area contributed by atoms with Crippen LogP contribution in [-0.4, -0.2) is 40.0 Å². The lowest BCUT2D eigenvalue weighted by atomic mass is 9.96. The van der Waals surface area contributed by atoms with Crippen LogP contribution in [0.25, 0.3) is 5.69 Å². The molecule has 0 saturated carbocycles. The summed E-state index contributed by atoms with van der Waals surface area (Å²) in [5.41, 5.74) is 5.98. The van der Waals surface area contributed by atoms with E-state index in [0.717, 1.165) is 6.42 Å². The summed E-state index contributed by atoms with van der Waals surface area (Å²) in [5.74, 6) is -0.451. The molecule has 1 aromatic heterocycles. The van der Waals surface area contributed by atoms with Crippen LogP contribution in [-0.2, 0) is 4.79 Å². The van der Waals surface area contributed by atoms with Gasteiger partial charge >= 0.3 is 6.03 Å². The predicted molar refractivity (Wildman–Crippen MR) is 92.6 cm³/mol. The fraction of sp³-hybridized carbons (Fsp3) is 0.278. The summed E-state index contributed by atoms with van der Waals surface area (Å²) in [6.45, 7) is 0.821. The number of rotatable bonds is 3. The first kappa shape index (κ1) is 15.4. The Hall–Kier alpha value is -3.09. The summed E-state index contributed by atoms with van der Waals surface area (Å²) in [4.78, 5) is 39.7. The van der Waals surface area contributed by atoms with E-state index in [2.05, 4.69) is 0 Å². The van der Waals surface area contributed by atoms with E-state index in [1.165, 1.54) is 10.6 Å². The molecule has 7 nitrogen and oxygen atoms in total. The van der Waals surface area contributed by atoms with Crippen LogP contribution in [0.3, 0.4) is 0 Å². The molecular formula is C18H18N4O3. The molecule has 3 amide bonds. The van der Waals surface area contributed by atoms with Crippen LogP contribution < -0.4 is 16.2 Å². The Bertz CT molecular complexity index is 905. The van der Waals surface area contributed by atoms with Crippen LogP contribution in [0, 0.1) is 0 Å². The first-order valence-corrected chi connectivity index (χ1v) is 8.20. The Morgan fingerprint density at radius 3 is 2.40 bits per heavy atom. The van der Waals surface area contributed by atoms with E-state index in [4.69, 9.17) is 5.73 Å². The monoisotopic (exact) mass is 338 g/mol. The van der Waals surface area contributed by atoms with Crippen LogP contribution in [0.1, 0.15) is 12.8 Å². The van der Waals surface area contributed by atoms with Gasteiger partial charge in [0.2, 0.25) is 5.91 Å². The number of pyridine rings is 1. The maximum Gasteiger partial charge on any atom is 0.325 e. The summed E-state index contributed by atoms with van der Waals surface area (Å²) < 4.78 is 1.53. The van der Waals surface area contributed by atoms with Crippen molar-refractivity contribution in [2.24, 2.45) is 5.73 Å². The minimum atomic E-state index is -0.897. The minimum Gasteiger partial charge on any atom is -0.368 e. The standard InChI is InChI=1S/C18H18N4O3/c19-16(24)18-9-3-11-22(18)17(25)21(12-18)14-7-5-13(6-8-14)20-10-2-1-4-15(20)23/h1-2,4-8,10H,3,9,11-12H2,(H2,19,24)/t18-/m1/s1. The van der Waals surface area contributed by atoms with Crippen molar-refractivity contribution in [2.75, 3.05) is 18.0 Å². The van der Waals surface area contributed by atoms with Gasteiger partial charge in [-0.3, -0.25) is 19.1 Å². The van der Waals surface area contributed by atoms with Crippen LogP contribution in [0.2, 0.25) is 0 Å². The fourth-order valence-electron chi connectivity index (χ4n) is 3.77. The lowest BCUT2D eigenvalue weighted by Gasteiger charge is -2.25. The number of nitrogens with two attached hydrogens (primary N) is 1. The van der Waals surface area contributed by atoms with Gasteiger partial charge in [0.1, 0.15) is 5.54 Å². The van der Waals surface area contributed by atoms with Crippen molar-refractivity contribution in [1.29, 1.82) is 0 Å². The lowest BCUT2D eigenvalue weighted by Crippen LogP contribution is -2.52. The van der Waals surface area contributed by atoms with Crippen molar-refractivity contribution in [3.8, 4) is 5.69 Å². The molecular weight excluding hydrogens is 320 g/mol. The van der Waals surface area contributed by atoms with E-state index in [9.17, 15) is 14.4 Å². The number of aromatic nitrogens is 1. The van der Waals surface area contributed by atoms with E-state index in [1.807, 2.05) is 0 Å². The van der Waals surface area contributed by atoms with E-state index in [1.54, 1.807) is 52.4 Å². The zero-order valence-electron chi connectivity index (χ0n) is 13.6. The average molecular weight is 338 g/mol. The van der Waals surface area contributed by atoms with Gasteiger partial charge in [-0.1, -0.05) is 6.07 Å². The van der Waals surface area contributed by atoms with Crippen molar-refractivity contribution in [3.63, 3.8) is 0 Å². The fourth-order valence-corrected chi connectivity index (χ4v) is 3.77. The molecule has 0 bridgehead atoms. The number of benzene rings is 1. The molecule has 2 fully saturated rings. The molecule has 0 spiro atoms. The van der Waals surface area contributed by atoms with Crippen LogP contribution in [0.15, 0.2) is 53.5 Å². The molecule has 1 aromatic carbocycles. The van der Waals surface area contributed by atoms with E-state index in [-0.39, 0.29) is 18.1 Å². The second-order valence-electron chi connectivity index (χ2n) is 6.45. The third-order valence-corrected chi connectivity index (χ3v) is 5.09. The van der Waals surface area contributed by atoms with Crippen LogP contribution in [0.5, 0.6) is 0 Å². The molecule has 0 radical (unpaired) electrons. The number of nitrogens with zero attached hydrogens (tertiary/aromatic N) is 3. The SMILES string of the molecule is NC(=O)[C@]12CCCN1C(=O)N(c1ccc(-n3ccccc3=O)cc1)C2. The van der Waals surface area contributed by atoms with Gasteiger partial charge in [-0.2, -0.15) is 0 Å². The van der Waals surface area contributed by atoms with Crippen molar-refractivity contribution >= 4 is 17.6 Å². The normalized spacial score (nSPS) is 22.3. The van der Waals surface area contributed by atoms with E-state index < -0.39 is 11.4 Å². The highest BCUT2D eigenvalue weighted by Gasteiger charge is 2.56. The second-order valence-corrected chi connectivity index (χ2v) is 6.45. The van der Waals surface area contributed by atoms with Gasteiger partial charge in [-0.15, -0.1) is 0 Å². The highest BCUT2D eigenvalue weighted by molar-refractivity contribution is 6.03. The van der Waals surface area contributed by atoms with Crippen molar-refractivity contribution in [3.05, 3.63) is 59.0 Å². The first-order valence-electron chi connectivity index (χ1n) is 8.20. The summed E-state index contributed by atoms with van der Waals surface area (Å²) >= 11 is 0. The van der Waals surface area contributed by atoms with Crippen LogP contribution >= 0.6 is 0 Å². The largest absolute Gasteiger partial charge is 0.368 e. The second kappa shape index (κ2) is 5.47. The molecule has 2 N–H and O–H groups in total. The molecule has 7 heteroatoms. The molecule has 4 rings (SSSR count). The van der Waals surface area contributed by atoms with Crippen molar-refractivity contribution < 1.29 is 9.59 Å². The predicted octanol–water partition coefficient (Wildman–Crippen LogP) is 1.10. The number of primary amides is 1. The van der Waals surface area contributed by atoms with Gasteiger partial charge in [-0.25, -0.2) is 4.79 Å². The zero-order chi connectivity index (χ0) is 17.6. The Kier molecular flexibility index (Phi) is 3.38. The molecule has 2 aliphatic heterocycles. The molecule has 0 unspecified atom stereocenters. The molecule has 0 aliphatic carbocycles. The molecule has 2 aliphatic rings. The summed E-state index contributed by atoms with van der Waals surface area (Å²) in [6, 6.07) is 11.9. The van der Waals surface area contributed by atoms with Crippen molar-refractivity contribution in [1.82, 2.24) is 9.47 Å². The Morgan fingerprint density at radius 1 is 1.04 bits per heavy atom. The van der Waals surface area contributed by atoms with Crippen molar-refractivity contribution in [2.45, 2.75) is 18.4 Å². The molecule has 128 valence electrons. The van der Waals surface area contributed by atoms with Gasteiger partial charge < -0.3 is 10.6 Å². The lowest BCUT2D eigenvalue weighted by molar-refractivity contribution is -0.125. The third-order valence-electron chi connectivity index (χ3n) is 5.09. The highest BCUT2D eigenvalue weighted by Crippen LogP contribution is 2.38. The topological polar surface area (TPSA) is 88.6 Å². The molecule has 2 saturated heterocycles. The molecule has 1 atom stereocenters. The Morgan fingerprint density at radius 2 is 1.76 bits per heavy atom. The number of hydrogen-bond acceptors (Lipinski definition) is 3. The maximum atomic E-state index is 12.7. The quantitative estimate of drug-likeness (QED) is 0.909. The van der Waals surface area contributed by atoms with Crippen LogP contribution in [0.4, 0.5) is 10.5 Å². The summed E-state index contributed by atoms with van der Waals surface area (Å²) in [6.07, 6.45) is 3.08. The van der Waals surface area contributed by atoms with Gasteiger partial charge in [0, 0.05) is 30.2 Å². The van der Waals surface area contributed by atoms with E-state index in [0.29, 0.717) is 24.3 Å². The van der Waals surface area contributed by atoms with Gasteiger partial charge in [-0.05, 0) is 43.2 Å². The Labute approximate surface area is 144 Å². The van der Waals surface area contributed by atoms with Gasteiger partial charge in [0.15, 0.2) is 0 Å². The zero-order valence-corrected chi connectivity index (χ0v) is 13.6. The number of carbonyl (C=O) groups is 2. The summed E-state index contributed by atoms with van der Waals surface area (Å²) in [7, 11) is 0. The number of amides is 3. The average Bonchev–Trinajstić information content (AvgIpc) is 3.15. The number of carbonyl (C=O) groups excluding carboxylic acids is 2. The van der Waals surface area contributed by atoms with E-state index >= 15 is 0 Å². The van der Waals surface area contributed by atoms with Gasteiger partial charge in [0.25, 0.3) is 5.56 Å². The van der Waals surface area contributed by atoms with Gasteiger partial charge in [0.05, 0.1) is 6.54 Å². The number of hydrogen-bond donors (Lipinski definition) is 1. The smallest absolute Gasteiger partial charge is 0.325 e. The molecule has 25 heavy (non-hydrogen) atoms. The number of urea groups is 1. The Balaban J connectivity index is 1.65. The third kappa shape index (κ3) is 2.23. The molecule has 3 heterocycles. The minimum absolute atomic E-state index is 0.124. The summed E-state index contributed by atoms with van der Waals surface area (Å²) in [5, 5.41) is 0.